The Morgan fingerprint density at radius 1 is 1.18 bits per heavy atom. The molecule has 0 amide bonds. The van der Waals surface area contributed by atoms with Gasteiger partial charge in [0.25, 0.3) is 0 Å². The van der Waals surface area contributed by atoms with Crippen molar-refractivity contribution in [3.05, 3.63) is 64.2 Å². The van der Waals surface area contributed by atoms with E-state index >= 15 is 0 Å². The number of hydrogen-bond acceptors (Lipinski definition) is 7. The quantitative estimate of drug-likeness (QED) is 0.480. The summed E-state index contributed by atoms with van der Waals surface area (Å²) in [5, 5.41) is 24.4. The number of aromatic nitrogens is 1. The Bertz CT molecular complexity index is 1080. The summed E-state index contributed by atoms with van der Waals surface area (Å²) >= 11 is 0. The molecule has 1 saturated carbocycles. The zero-order valence-corrected chi connectivity index (χ0v) is 18.9. The number of carbonyl (C=O) groups excluding carboxylic acids is 2. The second kappa shape index (κ2) is 10.3. The van der Waals surface area contributed by atoms with Gasteiger partial charge < -0.3 is 14.7 Å². The molecule has 2 unspecified atom stereocenters. The third kappa shape index (κ3) is 4.98. The van der Waals surface area contributed by atoms with Crippen LogP contribution in [0.1, 0.15) is 78.7 Å². The van der Waals surface area contributed by atoms with Crippen LogP contribution in [-0.2, 0) is 17.6 Å². The van der Waals surface area contributed by atoms with E-state index < -0.39 is 0 Å². The van der Waals surface area contributed by atoms with Gasteiger partial charge in [0.1, 0.15) is 11.5 Å². The summed E-state index contributed by atoms with van der Waals surface area (Å²) < 4.78 is 5.52. The van der Waals surface area contributed by atoms with Gasteiger partial charge in [-0.3, -0.25) is 14.6 Å². The maximum atomic E-state index is 12.9. The minimum Gasteiger partial charge on any atom is -0.511 e. The fourth-order valence-electron chi connectivity index (χ4n) is 4.70. The first-order valence-corrected chi connectivity index (χ1v) is 11.7. The van der Waals surface area contributed by atoms with Crippen LogP contribution in [0.15, 0.2) is 51.2 Å². The molecule has 0 aliphatic heterocycles. The number of aryl methyl sites for hydroxylation is 1. The molecule has 7 nitrogen and oxygen atoms in total. The predicted molar refractivity (Wildman–Crippen MR) is 124 cm³/mol. The molecule has 0 saturated heterocycles. The van der Waals surface area contributed by atoms with Crippen LogP contribution in [0.3, 0.4) is 0 Å². The van der Waals surface area contributed by atoms with Crippen LogP contribution in [0, 0.1) is 0 Å². The number of hydrogen-bond donors (Lipinski definition) is 2. The third-order valence-corrected chi connectivity index (χ3v) is 6.54. The normalized spacial score (nSPS) is 22.4. The maximum Gasteiger partial charge on any atom is 0.168 e. The number of ketones is 2. The number of fused-ring (bicyclic) bond motifs is 1. The lowest BCUT2D eigenvalue weighted by Crippen LogP contribution is -2.24. The molecule has 1 aromatic heterocycles. The van der Waals surface area contributed by atoms with Crippen LogP contribution in [0.4, 0.5) is 0 Å². The fraction of sp³-hybridized carbons (Fsp3) is 0.462. The van der Waals surface area contributed by atoms with Crippen molar-refractivity contribution in [2.45, 2.75) is 70.3 Å². The molecule has 2 aliphatic rings. The van der Waals surface area contributed by atoms with Crippen LogP contribution in [-0.4, -0.2) is 45.3 Å². The molecule has 0 bridgehead atoms. The number of rotatable bonds is 7. The number of allylic oxidation sites excluding steroid dienone is 2. The minimum absolute atomic E-state index is 0.00164. The summed E-state index contributed by atoms with van der Waals surface area (Å²) in [7, 11) is 0. The number of benzene rings is 1. The van der Waals surface area contributed by atoms with Crippen LogP contribution >= 0.6 is 0 Å². The second-order valence-electron chi connectivity index (χ2n) is 8.79. The van der Waals surface area contributed by atoms with Gasteiger partial charge in [0, 0.05) is 37.8 Å². The molecule has 33 heavy (non-hydrogen) atoms. The molecule has 4 rings (SSSR count). The summed E-state index contributed by atoms with van der Waals surface area (Å²) in [4.78, 5) is 30.0. The van der Waals surface area contributed by atoms with Crippen molar-refractivity contribution in [3.8, 4) is 0 Å². The van der Waals surface area contributed by atoms with Crippen molar-refractivity contribution in [2.24, 2.45) is 4.99 Å². The topological polar surface area (TPSA) is 113 Å². The molecule has 2 aliphatic carbocycles. The molecule has 174 valence electrons. The lowest BCUT2D eigenvalue weighted by atomic mass is 9.81. The summed E-state index contributed by atoms with van der Waals surface area (Å²) in [6.07, 6.45) is 3.78. The zero-order valence-electron chi connectivity index (χ0n) is 18.9. The highest BCUT2D eigenvalue weighted by Gasteiger charge is 2.33. The first-order valence-electron chi connectivity index (χ1n) is 11.7. The van der Waals surface area contributed by atoms with Crippen molar-refractivity contribution >= 4 is 17.3 Å². The average Bonchev–Trinajstić information content (AvgIpc) is 3.25. The first kappa shape index (κ1) is 23.1. The van der Waals surface area contributed by atoms with Gasteiger partial charge >= 0.3 is 0 Å². The van der Waals surface area contributed by atoms with Crippen molar-refractivity contribution in [2.75, 3.05) is 6.61 Å². The number of aliphatic hydroxyl groups excluding tert-OH is 2. The summed E-state index contributed by atoms with van der Waals surface area (Å²) in [6, 6.07) is 9.63. The molecule has 0 radical (unpaired) electrons. The predicted octanol–water partition coefficient (Wildman–Crippen LogP) is 4.30. The molecule has 2 atom stereocenters. The van der Waals surface area contributed by atoms with E-state index in [1.165, 1.54) is 0 Å². The van der Waals surface area contributed by atoms with Gasteiger partial charge in [0.05, 0.1) is 29.5 Å². The smallest absolute Gasteiger partial charge is 0.168 e. The Hall–Kier alpha value is -3.06. The van der Waals surface area contributed by atoms with Crippen LogP contribution in [0.5, 0.6) is 0 Å². The molecule has 1 aromatic carbocycles. The lowest BCUT2D eigenvalue weighted by molar-refractivity contribution is -0.115. The Kier molecular flexibility index (Phi) is 7.18. The van der Waals surface area contributed by atoms with Crippen LogP contribution in [0.25, 0.3) is 0 Å². The number of Topliss-reactive ketones (excluding diaryl/α,β-unsaturated/α-hetero) is 2. The zero-order chi connectivity index (χ0) is 23.4. The van der Waals surface area contributed by atoms with Crippen LogP contribution in [0.2, 0.25) is 0 Å². The fourth-order valence-corrected chi connectivity index (χ4v) is 4.70. The van der Waals surface area contributed by atoms with Gasteiger partial charge in [-0.2, -0.15) is 0 Å². The Balaban J connectivity index is 1.53. The first-order chi connectivity index (χ1) is 16.0. The number of aliphatic imine (C=N–C) groups is 1. The molecule has 1 fully saturated rings. The Morgan fingerprint density at radius 3 is 2.70 bits per heavy atom. The van der Waals surface area contributed by atoms with Gasteiger partial charge in [0.2, 0.25) is 0 Å². The van der Waals surface area contributed by atoms with E-state index in [1.807, 2.05) is 37.3 Å². The standard InChI is InChI=1S/C26H30N2O5/c1-2-18(15-29)27-19-9-6-10-21(30)25(19)22(31)12-11-20-26-23(32)13-17(14-24(26)33-28-20)16-7-4-3-5-8-16/h3-5,7-8,17-18,29,31H,2,6,9-15H2,1H3. The summed E-state index contributed by atoms with van der Waals surface area (Å²) in [5.74, 6) is 0.493. The van der Waals surface area contributed by atoms with Gasteiger partial charge in [-0.15, -0.1) is 0 Å². The largest absolute Gasteiger partial charge is 0.511 e. The van der Waals surface area contributed by atoms with E-state index in [9.17, 15) is 19.8 Å². The van der Waals surface area contributed by atoms with Crippen molar-refractivity contribution < 1.29 is 24.3 Å². The molecule has 0 spiro atoms. The van der Waals surface area contributed by atoms with E-state index in [-0.39, 0.29) is 47.9 Å². The van der Waals surface area contributed by atoms with E-state index in [0.29, 0.717) is 67.7 Å². The highest BCUT2D eigenvalue weighted by molar-refractivity contribution is 6.24. The molecule has 7 heteroatoms. The molecule has 1 heterocycles. The van der Waals surface area contributed by atoms with Gasteiger partial charge in [-0.1, -0.05) is 42.4 Å². The highest BCUT2D eigenvalue weighted by atomic mass is 16.5. The van der Waals surface area contributed by atoms with Crippen molar-refractivity contribution in [1.82, 2.24) is 5.16 Å². The summed E-state index contributed by atoms with van der Waals surface area (Å²) in [6.45, 7) is 1.82. The molecule has 2 aromatic rings. The van der Waals surface area contributed by atoms with E-state index in [0.717, 1.165) is 5.56 Å². The van der Waals surface area contributed by atoms with Gasteiger partial charge in [-0.05, 0) is 30.7 Å². The van der Waals surface area contributed by atoms with E-state index in [2.05, 4.69) is 10.1 Å². The monoisotopic (exact) mass is 450 g/mol. The van der Waals surface area contributed by atoms with Crippen molar-refractivity contribution in [3.63, 3.8) is 0 Å². The Labute approximate surface area is 193 Å². The van der Waals surface area contributed by atoms with Gasteiger partial charge in [-0.25, -0.2) is 0 Å². The Morgan fingerprint density at radius 2 is 1.97 bits per heavy atom. The van der Waals surface area contributed by atoms with E-state index in [1.54, 1.807) is 0 Å². The molecule has 2 N–H and O–H groups in total. The number of aliphatic hydroxyl groups is 2. The number of nitrogens with zero attached hydrogens (tertiary/aromatic N) is 2. The van der Waals surface area contributed by atoms with Crippen LogP contribution < -0.4 is 0 Å². The van der Waals surface area contributed by atoms with E-state index in [4.69, 9.17) is 4.52 Å². The summed E-state index contributed by atoms with van der Waals surface area (Å²) in [5.41, 5.74) is 2.98. The number of carbonyl (C=O) groups is 2. The SMILES string of the molecule is CCC(CO)N=C1CCCC(=O)C1=C(O)CCc1noc2c1C(=O)CC(c1ccccc1)C2. The van der Waals surface area contributed by atoms with Gasteiger partial charge in [0.15, 0.2) is 11.6 Å². The molecular weight excluding hydrogens is 420 g/mol. The third-order valence-electron chi connectivity index (χ3n) is 6.54. The van der Waals surface area contributed by atoms with Crippen molar-refractivity contribution in [1.29, 1.82) is 0 Å². The second-order valence-corrected chi connectivity index (χ2v) is 8.79. The maximum absolute atomic E-state index is 12.9. The highest BCUT2D eigenvalue weighted by Crippen LogP contribution is 2.35. The lowest BCUT2D eigenvalue weighted by Gasteiger charge is -2.21. The average molecular weight is 451 g/mol. The molecular formula is C26H30N2O5. The minimum atomic E-state index is -0.286.